The highest BCUT2D eigenvalue weighted by atomic mass is 16.5. The van der Waals surface area contributed by atoms with Crippen LogP contribution in [0.3, 0.4) is 0 Å². The summed E-state index contributed by atoms with van der Waals surface area (Å²) in [5.41, 5.74) is 1.87. The van der Waals surface area contributed by atoms with Crippen molar-refractivity contribution in [3.05, 3.63) is 47.7 Å². The number of anilines is 1. The number of rotatable bonds is 7. The summed E-state index contributed by atoms with van der Waals surface area (Å²) in [5.74, 6) is 2.30. The van der Waals surface area contributed by atoms with Crippen LogP contribution in [0.5, 0.6) is 11.5 Å². The predicted octanol–water partition coefficient (Wildman–Crippen LogP) is 2.15. The number of aliphatic hydroxyl groups excluding tert-OH is 1. The number of hydrogen-bond acceptors (Lipinski definition) is 6. The second-order valence-corrected chi connectivity index (χ2v) is 6.24. The maximum atomic E-state index is 10.4. The third-order valence-electron chi connectivity index (χ3n) is 4.23. The molecule has 0 aliphatic carbocycles. The van der Waals surface area contributed by atoms with E-state index in [1.807, 2.05) is 24.3 Å². The van der Waals surface area contributed by atoms with E-state index in [4.69, 9.17) is 9.47 Å². The summed E-state index contributed by atoms with van der Waals surface area (Å²) in [5, 5.41) is 16.9. The first-order valence-corrected chi connectivity index (χ1v) is 8.57. The molecule has 1 aromatic heterocycles. The first kappa shape index (κ1) is 17.5. The third kappa shape index (κ3) is 4.61. The number of fused-ring (bicyclic) bond motifs is 1. The molecule has 0 fully saturated rings. The lowest BCUT2D eigenvalue weighted by Gasteiger charge is -2.21. The second kappa shape index (κ2) is 8.18. The minimum Gasteiger partial charge on any atom is -0.497 e. The molecule has 0 bridgehead atoms. The molecule has 134 valence electrons. The van der Waals surface area contributed by atoms with Gasteiger partial charge in [-0.25, -0.2) is 4.98 Å². The molecule has 2 aromatic rings. The predicted molar refractivity (Wildman–Crippen MR) is 97.3 cm³/mol. The number of aliphatic hydroxyl groups is 1. The number of methoxy groups -OCH3 is 1. The molecule has 1 aliphatic heterocycles. The van der Waals surface area contributed by atoms with Gasteiger partial charge in [0.25, 0.3) is 0 Å². The van der Waals surface area contributed by atoms with Crippen LogP contribution in [0.15, 0.2) is 36.4 Å². The molecule has 0 spiro atoms. The molecular formula is C19H25N3O3. The Balaban J connectivity index is 1.51. The highest BCUT2D eigenvalue weighted by molar-refractivity contribution is 5.52. The number of pyridine rings is 1. The van der Waals surface area contributed by atoms with Gasteiger partial charge in [-0.1, -0.05) is 12.1 Å². The van der Waals surface area contributed by atoms with Gasteiger partial charge >= 0.3 is 0 Å². The molecule has 1 aromatic carbocycles. The quantitative estimate of drug-likeness (QED) is 0.715. The zero-order chi connectivity index (χ0) is 17.6. The van der Waals surface area contributed by atoms with Crippen molar-refractivity contribution in [1.29, 1.82) is 0 Å². The van der Waals surface area contributed by atoms with Gasteiger partial charge < -0.3 is 25.2 Å². The molecule has 6 nitrogen and oxygen atoms in total. The minimum absolute atomic E-state index is 0.238. The molecule has 0 radical (unpaired) electrons. The van der Waals surface area contributed by atoms with Crippen LogP contribution in [0.2, 0.25) is 0 Å². The summed E-state index contributed by atoms with van der Waals surface area (Å²) in [6, 6.07) is 11.9. The fraction of sp³-hybridized carbons (Fsp3) is 0.421. The normalized spacial score (nSPS) is 15.5. The molecule has 3 N–H and O–H groups in total. The topological polar surface area (TPSA) is 75.6 Å². The average molecular weight is 343 g/mol. The lowest BCUT2D eigenvalue weighted by molar-refractivity contribution is 0.166. The average Bonchev–Trinajstić information content (AvgIpc) is 2.66. The van der Waals surface area contributed by atoms with Gasteiger partial charge in [-0.2, -0.15) is 0 Å². The van der Waals surface area contributed by atoms with Crippen LogP contribution in [0.4, 0.5) is 5.82 Å². The molecule has 0 amide bonds. The van der Waals surface area contributed by atoms with Crippen LogP contribution in [-0.4, -0.2) is 42.9 Å². The van der Waals surface area contributed by atoms with E-state index >= 15 is 0 Å². The Kier molecular flexibility index (Phi) is 5.73. The first-order chi connectivity index (χ1) is 12.2. The fourth-order valence-corrected chi connectivity index (χ4v) is 2.83. The van der Waals surface area contributed by atoms with Crippen LogP contribution in [0.25, 0.3) is 0 Å². The molecule has 2 atom stereocenters. The minimum atomic E-state index is -0.660. The van der Waals surface area contributed by atoms with E-state index in [9.17, 15) is 5.11 Å². The van der Waals surface area contributed by atoms with Crippen LogP contribution < -0.4 is 20.1 Å². The Morgan fingerprint density at radius 3 is 2.84 bits per heavy atom. The highest BCUT2D eigenvalue weighted by Crippen LogP contribution is 2.26. The Morgan fingerprint density at radius 1 is 1.28 bits per heavy atom. The van der Waals surface area contributed by atoms with Crippen molar-refractivity contribution in [2.75, 3.05) is 32.1 Å². The van der Waals surface area contributed by atoms with E-state index < -0.39 is 6.10 Å². The Hall–Kier alpha value is -2.31. The monoisotopic (exact) mass is 343 g/mol. The summed E-state index contributed by atoms with van der Waals surface area (Å²) in [4.78, 5) is 4.45. The standard InChI is InChI=1S/C19H25N3O3/c1-13(11-14-3-5-15(24-2)6-4-14)21-12-17(23)16-7-8-18-19(22-16)20-9-10-25-18/h3-8,13,17,21,23H,9-12H2,1-2H3,(H,20,22)/t13-,17+/m1/s1. The zero-order valence-electron chi connectivity index (χ0n) is 14.7. The van der Waals surface area contributed by atoms with E-state index in [1.54, 1.807) is 7.11 Å². The summed E-state index contributed by atoms with van der Waals surface area (Å²) < 4.78 is 10.7. The van der Waals surface area contributed by atoms with Gasteiger partial charge in [-0.3, -0.25) is 0 Å². The Labute approximate surface area is 148 Å². The van der Waals surface area contributed by atoms with Crippen molar-refractivity contribution in [3.8, 4) is 11.5 Å². The Morgan fingerprint density at radius 2 is 2.08 bits per heavy atom. The molecule has 0 unspecified atom stereocenters. The number of nitrogens with zero attached hydrogens (tertiary/aromatic N) is 1. The number of ether oxygens (including phenoxy) is 2. The summed E-state index contributed by atoms with van der Waals surface area (Å²) in [7, 11) is 1.66. The van der Waals surface area contributed by atoms with Gasteiger partial charge in [0, 0.05) is 12.6 Å². The maximum Gasteiger partial charge on any atom is 0.169 e. The van der Waals surface area contributed by atoms with Crippen molar-refractivity contribution in [2.24, 2.45) is 0 Å². The van der Waals surface area contributed by atoms with E-state index in [1.165, 1.54) is 5.56 Å². The van der Waals surface area contributed by atoms with Gasteiger partial charge in [0.15, 0.2) is 11.6 Å². The van der Waals surface area contributed by atoms with Crippen molar-refractivity contribution in [1.82, 2.24) is 10.3 Å². The van der Waals surface area contributed by atoms with E-state index in [2.05, 4.69) is 34.7 Å². The molecule has 0 saturated heterocycles. The van der Waals surface area contributed by atoms with Gasteiger partial charge in [-0.15, -0.1) is 0 Å². The highest BCUT2D eigenvalue weighted by Gasteiger charge is 2.16. The molecule has 0 saturated carbocycles. The lowest BCUT2D eigenvalue weighted by atomic mass is 10.1. The van der Waals surface area contributed by atoms with Crippen LogP contribution in [-0.2, 0) is 6.42 Å². The van der Waals surface area contributed by atoms with Crippen molar-refractivity contribution in [2.45, 2.75) is 25.5 Å². The van der Waals surface area contributed by atoms with E-state index in [0.717, 1.165) is 24.5 Å². The number of aromatic nitrogens is 1. The van der Waals surface area contributed by atoms with Crippen LogP contribution >= 0.6 is 0 Å². The summed E-state index contributed by atoms with van der Waals surface area (Å²) >= 11 is 0. The van der Waals surface area contributed by atoms with Crippen LogP contribution in [0, 0.1) is 0 Å². The summed E-state index contributed by atoms with van der Waals surface area (Å²) in [6.45, 7) is 3.92. The van der Waals surface area contributed by atoms with Crippen LogP contribution in [0.1, 0.15) is 24.3 Å². The van der Waals surface area contributed by atoms with Crippen molar-refractivity contribution in [3.63, 3.8) is 0 Å². The number of nitrogens with one attached hydrogen (secondary N) is 2. The molecule has 3 rings (SSSR count). The second-order valence-electron chi connectivity index (χ2n) is 6.24. The van der Waals surface area contributed by atoms with E-state index in [0.29, 0.717) is 24.7 Å². The van der Waals surface area contributed by atoms with Gasteiger partial charge in [0.05, 0.1) is 19.3 Å². The van der Waals surface area contributed by atoms with Gasteiger partial charge in [-0.05, 0) is 43.2 Å². The molecular weight excluding hydrogens is 318 g/mol. The number of benzene rings is 1. The van der Waals surface area contributed by atoms with Crippen molar-refractivity contribution < 1.29 is 14.6 Å². The van der Waals surface area contributed by atoms with Gasteiger partial charge in [0.1, 0.15) is 18.5 Å². The first-order valence-electron chi connectivity index (χ1n) is 8.57. The SMILES string of the molecule is COc1ccc(C[C@@H](C)NC[C@H](O)c2ccc3c(n2)NCCO3)cc1. The largest absolute Gasteiger partial charge is 0.497 e. The zero-order valence-corrected chi connectivity index (χ0v) is 14.7. The smallest absolute Gasteiger partial charge is 0.169 e. The molecule has 6 heteroatoms. The molecule has 25 heavy (non-hydrogen) atoms. The van der Waals surface area contributed by atoms with Gasteiger partial charge in [0.2, 0.25) is 0 Å². The lowest BCUT2D eigenvalue weighted by Crippen LogP contribution is -2.32. The maximum absolute atomic E-state index is 10.4. The third-order valence-corrected chi connectivity index (χ3v) is 4.23. The number of hydrogen-bond donors (Lipinski definition) is 3. The Bertz CT molecular complexity index is 691. The molecule has 2 heterocycles. The van der Waals surface area contributed by atoms with E-state index in [-0.39, 0.29) is 6.04 Å². The van der Waals surface area contributed by atoms with Crippen molar-refractivity contribution >= 4 is 5.82 Å². The fourth-order valence-electron chi connectivity index (χ4n) is 2.83. The molecule has 1 aliphatic rings. The summed E-state index contributed by atoms with van der Waals surface area (Å²) in [6.07, 6.45) is 0.219.